The lowest BCUT2D eigenvalue weighted by atomic mass is 9.92. The Morgan fingerprint density at radius 3 is 1.88 bits per heavy atom. The van der Waals surface area contributed by atoms with Crippen molar-refractivity contribution in [2.45, 2.75) is 12.3 Å². The molecule has 0 aliphatic rings. The third-order valence-electron chi connectivity index (χ3n) is 4.03. The van der Waals surface area contributed by atoms with Crippen LogP contribution in [-0.4, -0.2) is 20.6 Å². The van der Waals surface area contributed by atoms with Gasteiger partial charge in [-0.15, -0.1) is 0 Å². The van der Waals surface area contributed by atoms with Crippen molar-refractivity contribution in [3.8, 4) is 0 Å². The molecule has 0 aliphatic heterocycles. The summed E-state index contributed by atoms with van der Waals surface area (Å²) in [5, 5.41) is 3.59. The standard InChI is InChI=1S/C20H22N2S.2BrH/c1-22(2)14-13-18-15-23-20(21-18)19(16-9-5-3-6-10-16)17-11-7-4-8-12-17;;/h3-12,15,19H,13-14H2,1-2H3;2*1H. The maximum atomic E-state index is 3.67. The van der Waals surface area contributed by atoms with Crippen LogP contribution in [0.5, 0.6) is 0 Å². The molecule has 1 aromatic heterocycles. The normalized spacial score (nSPS) is 10.4. The van der Waals surface area contributed by atoms with Crippen molar-refractivity contribution in [2.75, 3.05) is 20.6 Å². The van der Waals surface area contributed by atoms with E-state index in [9.17, 15) is 0 Å². The van der Waals surface area contributed by atoms with Gasteiger partial charge >= 0.3 is 0 Å². The highest BCUT2D eigenvalue weighted by atomic mass is 79.9. The molecule has 0 spiro atoms. The van der Waals surface area contributed by atoms with E-state index in [1.54, 1.807) is 0 Å². The van der Waals surface area contributed by atoms with Gasteiger partial charge in [0.05, 0.1) is 32.4 Å². The molecule has 3 rings (SSSR count). The van der Waals surface area contributed by atoms with Gasteiger partial charge in [0.25, 0.3) is 0 Å². The van der Waals surface area contributed by atoms with E-state index in [0.717, 1.165) is 13.0 Å². The number of hydrogen-bond donors (Lipinski definition) is 1. The molecule has 0 bridgehead atoms. The number of likely N-dealkylation sites (N-methyl/N-ethyl adjacent to an activating group) is 1. The molecule has 0 atom stereocenters. The van der Waals surface area contributed by atoms with Crippen molar-refractivity contribution in [2.24, 2.45) is 0 Å². The molecule has 5 heteroatoms. The second-order valence-corrected chi connectivity index (χ2v) is 7.12. The van der Waals surface area contributed by atoms with Gasteiger partial charge in [-0.25, -0.2) is 4.98 Å². The predicted molar refractivity (Wildman–Crippen MR) is 96.1 cm³/mol. The fourth-order valence-electron chi connectivity index (χ4n) is 2.78. The Balaban J connectivity index is 0.00000156. The van der Waals surface area contributed by atoms with E-state index in [-0.39, 0.29) is 39.9 Å². The number of nitrogens with one attached hydrogen (secondary N) is 2. The van der Waals surface area contributed by atoms with Gasteiger partial charge < -0.3 is 38.9 Å². The Bertz CT molecular complexity index is 690. The van der Waals surface area contributed by atoms with E-state index < -0.39 is 0 Å². The van der Waals surface area contributed by atoms with Crippen molar-refractivity contribution in [1.82, 2.24) is 0 Å². The van der Waals surface area contributed by atoms with E-state index in [1.165, 1.54) is 26.7 Å². The number of halogens is 2. The van der Waals surface area contributed by atoms with E-state index in [0.29, 0.717) is 0 Å². The van der Waals surface area contributed by atoms with Crippen LogP contribution in [0.2, 0.25) is 0 Å². The van der Waals surface area contributed by atoms with Crippen LogP contribution in [0.3, 0.4) is 0 Å². The number of rotatable bonds is 6. The summed E-state index contributed by atoms with van der Waals surface area (Å²) >= 11 is 1.83. The Kier molecular flexibility index (Phi) is 9.57. The number of aromatic nitrogens is 1. The number of thiazole rings is 1. The van der Waals surface area contributed by atoms with Crippen LogP contribution in [0.25, 0.3) is 0 Å². The maximum absolute atomic E-state index is 3.67. The Morgan fingerprint density at radius 2 is 1.40 bits per heavy atom. The fraction of sp³-hybridized carbons (Fsp3) is 0.250. The van der Waals surface area contributed by atoms with Crippen LogP contribution in [0, 0.1) is 0 Å². The second-order valence-electron chi connectivity index (χ2n) is 6.21. The van der Waals surface area contributed by atoms with Gasteiger partial charge in [0.1, 0.15) is 5.92 Å². The zero-order chi connectivity index (χ0) is 16.1. The quantitative estimate of drug-likeness (QED) is 0.374. The number of quaternary nitrogens is 1. The number of aromatic amines is 1. The van der Waals surface area contributed by atoms with E-state index >= 15 is 0 Å². The molecule has 0 amide bonds. The number of H-pyrrole nitrogens is 1. The molecule has 134 valence electrons. The minimum absolute atomic E-state index is 0. The molecule has 2 aromatic carbocycles. The van der Waals surface area contributed by atoms with Crippen molar-refractivity contribution < 1.29 is 43.8 Å². The highest BCUT2D eigenvalue weighted by molar-refractivity contribution is 7.09. The first-order valence-electron chi connectivity index (χ1n) is 8.12. The number of hydrogen-bond acceptors (Lipinski definition) is 1. The third kappa shape index (κ3) is 6.03. The lowest BCUT2D eigenvalue weighted by Crippen LogP contribution is -3.06. The smallest absolute Gasteiger partial charge is 0.247 e. The van der Waals surface area contributed by atoms with Crippen LogP contribution in [-0.2, 0) is 6.42 Å². The van der Waals surface area contributed by atoms with Gasteiger partial charge in [0.2, 0.25) is 5.01 Å². The van der Waals surface area contributed by atoms with E-state index in [2.05, 4.69) is 85.1 Å². The maximum Gasteiger partial charge on any atom is 0.247 e. The summed E-state index contributed by atoms with van der Waals surface area (Å²) in [6, 6.07) is 21.5. The van der Waals surface area contributed by atoms with Gasteiger partial charge in [-0.05, 0) is 11.1 Å². The van der Waals surface area contributed by atoms with E-state index in [4.69, 9.17) is 0 Å². The highest BCUT2D eigenvalue weighted by Gasteiger charge is 2.25. The Morgan fingerprint density at radius 1 is 0.880 bits per heavy atom. The third-order valence-corrected chi connectivity index (χ3v) is 5.03. The molecule has 3 aromatic rings. The summed E-state index contributed by atoms with van der Waals surface area (Å²) < 4.78 is 0. The molecule has 2 nitrogen and oxygen atoms in total. The Hall–Kier alpha value is -1.01. The summed E-state index contributed by atoms with van der Waals surface area (Å²) in [6.45, 7) is 1.15. The second kappa shape index (κ2) is 10.9. The van der Waals surface area contributed by atoms with Gasteiger partial charge in [0, 0.05) is 0 Å². The fourth-order valence-corrected chi connectivity index (χ4v) is 3.83. The lowest BCUT2D eigenvalue weighted by molar-refractivity contribution is -0.858. The molecule has 2 N–H and O–H groups in total. The van der Waals surface area contributed by atoms with Crippen molar-refractivity contribution in [3.05, 3.63) is 87.9 Å². The summed E-state index contributed by atoms with van der Waals surface area (Å²) in [6.07, 6.45) is 1.09. The summed E-state index contributed by atoms with van der Waals surface area (Å²) in [5.74, 6) is 0.280. The minimum atomic E-state index is 0. The molecule has 0 fully saturated rings. The topological polar surface area (TPSA) is 18.6 Å². The van der Waals surface area contributed by atoms with Gasteiger partial charge in [-0.3, -0.25) is 0 Å². The van der Waals surface area contributed by atoms with E-state index in [1.807, 2.05) is 11.3 Å². The van der Waals surface area contributed by atoms with Crippen molar-refractivity contribution in [1.29, 1.82) is 0 Å². The lowest BCUT2D eigenvalue weighted by Gasteiger charge is -2.12. The van der Waals surface area contributed by atoms with Gasteiger partial charge in [0.15, 0.2) is 5.69 Å². The van der Waals surface area contributed by atoms with Gasteiger partial charge in [-0.1, -0.05) is 72.0 Å². The molecular weight excluding hydrogens is 460 g/mol. The average molecular weight is 484 g/mol. The first-order valence-corrected chi connectivity index (χ1v) is 9.00. The largest absolute Gasteiger partial charge is 1.00 e. The zero-order valence-corrected chi connectivity index (χ0v) is 18.5. The minimum Gasteiger partial charge on any atom is -1.00 e. The number of benzene rings is 2. The summed E-state index contributed by atoms with van der Waals surface area (Å²) in [4.78, 5) is 5.15. The van der Waals surface area contributed by atoms with Crippen molar-refractivity contribution in [3.63, 3.8) is 0 Å². The van der Waals surface area contributed by atoms with Gasteiger partial charge in [-0.2, -0.15) is 0 Å². The molecule has 0 aliphatic carbocycles. The molecule has 0 unspecified atom stereocenters. The van der Waals surface area contributed by atoms with Crippen LogP contribution in [0.15, 0.2) is 66.0 Å². The first kappa shape index (κ1) is 22.0. The summed E-state index contributed by atoms with van der Waals surface area (Å²) in [7, 11) is 4.40. The molecule has 25 heavy (non-hydrogen) atoms. The molecule has 0 saturated heterocycles. The van der Waals surface area contributed by atoms with Crippen LogP contribution in [0.4, 0.5) is 0 Å². The summed E-state index contributed by atoms with van der Waals surface area (Å²) in [5.41, 5.74) is 4.01. The molecule has 0 radical (unpaired) electrons. The zero-order valence-electron chi connectivity index (χ0n) is 14.5. The average Bonchev–Trinajstić information content (AvgIpc) is 3.04. The monoisotopic (exact) mass is 482 g/mol. The molecule has 1 heterocycles. The molecular formula is C20H24Br2N2S. The first-order chi connectivity index (χ1) is 11.2. The van der Waals surface area contributed by atoms with Crippen LogP contribution in [0.1, 0.15) is 27.7 Å². The van der Waals surface area contributed by atoms with Crippen LogP contribution >= 0.6 is 11.3 Å². The van der Waals surface area contributed by atoms with Crippen molar-refractivity contribution >= 4 is 11.3 Å². The molecule has 0 saturated carbocycles. The SMILES string of the molecule is C[NH+](C)CCc1csc(C(c2ccccc2)c2ccccc2)[nH+]1.[Br-].[Br-]. The highest BCUT2D eigenvalue weighted by Crippen LogP contribution is 2.31. The Labute approximate surface area is 175 Å². The van der Waals surface area contributed by atoms with Crippen LogP contribution < -0.4 is 43.8 Å². The predicted octanol–water partition coefficient (Wildman–Crippen LogP) is -3.56.